The first-order valence-corrected chi connectivity index (χ1v) is 10.0. The number of benzene rings is 2. The molecule has 3 aromatic rings. The van der Waals surface area contributed by atoms with Crippen LogP contribution in [0.3, 0.4) is 0 Å². The Morgan fingerprint density at radius 1 is 1.10 bits per heavy atom. The summed E-state index contributed by atoms with van der Waals surface area (Å²) >= 11 is 0. The third-order valence-electron chi connectivity index (χ3n) is 5.45. The summed E-state index contributed by atoms with van der Waals surface area (Å²) in [6.07, 6.45) is 3.21. The molecule has 4 rings (SSSR count). The minimum atomic E-state index is -0.418. The second-order valence-corrected chi connectivity index (χ2v) is 7.44. The maximum atomic E-state index is 14.7. The van der Waals surface area contributed by atoms with Gasteiger partial charge in [0.05, 0.1) is 11.1 Å². The number of amides is 2. The van der Waals surface area contributed by atoms with Crippen LogP contribution < -0.4 is 10.6 Å². The molecule has 0 saturated carbocycles. The third kappa shape index (κ3) is 4.07. The minimum Gasteiger partial charge on any atom is -0.381 e. The molecule has 1 aliphatic rings. The number of fused-ring (bicyclic) bond motifs is 1. The molecule has 0 spiro atoms. The van der Waals surface area contributed by atoms with Gasteiger partial charge in [-0.3, -0.25) is 9.59 Å². The molecule has 1 fully saturated rings. The maximum Gasteiger partial charge on any atom is 0.253 e. The quantitative estimate of drug-likeness (QED) is 0.680. The lowest BCUT2D eigenvalue weighted by molar-refractivity contribution is 0.0697. The van der Waals surface area contributed by atoms with Gasteiger partial charge in [0.15, 0.2) is 0 Å². The highest BCUT2D eigenvalue weighted by Gasteiger charge is 2.22. The first-order valence-electron chi connectivity index (χ1n) is 10.0. The fourth-order valence-electron chi connectivity index (χ4n) is 3.82. The van der Waals surface area contributed by atoms with E-state index in [2.05, 4.69) is 10.6 Å². The number of aromatic nitrogens is 1. The van der Waals surface area contributed by atoms with Gasteiger partial charge in [-0.1, -0.05) is 18.2 Å². The van der Waals surface area contributed by atoms with Crippen LogP contribution in [0.5, 0.6) is 0 Å². The molecule has 2 amide bonds. The standard InChI is InChI=1S/C23H24FN3O3/c1-25-22(28)16-7-5-15(6-8-16)13-27-14-18(21-19(24)3-2-4-20(21)27)23(29)26-17-9-11-30-12-10-17/h2-8,14,17H,9-13H2,1H3,(H,25,28)(H,26,29). The summed E-state index contributed by atoms with van der Waals surface area (Å²) in [4.78, 5) is 24.6. The molecule has 0 unspecified atom stereocenters. The van der Waals surface area contributed by atoms with E-state index in [-0.39, 0.29) is 17.9 Å². The van der Waals surface area contributed by atoms with Crippen molar-refractivity contribution in [2.45, 2.75) is 25.4 Å². The van der Waals surface area contributed by atoms with Crippen LogP contribution in [0.1, 0.15) is 39.1 Å². The summed E-state index contributed by atoms with van der Waals surface area (Å²) in [6.45, 7) is 1.69. The molecule has 30 heavy (non-hydrogen) atoms. The first kappa shape index (κ1) is 20.1. The average Bonchev–Trinajstić information content (AvgIpc) is 3.14. The van der Waals surface area contributed by atoms with E-state index < -0.39 is 5.82 Å². The highest BCUT2D eigenvalue weighted by molar-refractivity contribution is 6.07. The average molecular weight is 409 g/mol. The van der Waals surface area contributed by atoms with Crippen molar-refractivity contribution in [2.75, 3.05) is 20.3 Å². The van der Waals surface area contributed by atoms with Gasteiger partial charge < -0.3 is 19.9 Å². The Balaban J connectivity index is 1.63. The number of hydrogen-bond acceptors (Lipinski definition) is 3. The van der Waals surface area contributed by atoms with Gasteiger partial charge >= 0.3 is 0 Å². The molecular formula is C23H24FN3O3. The predicted molar refractivity (Wildman–Crippen MR) is 112 cm³/mol. The molecule has 0 bridgehead atoms. The molecule has 0 radical (unpaired) electrons. The molecule has 2 N–H and O–H groups in total. The van der Waals surface area contributed by atoms with E-state index >= 15 is 0 Å². The van der Waals surface area contributed by atoms with Crippen molar-refractivity contribution in [3.8, 4) is 0 Å². The Bertz CT molecular complexity index is 1070. The zero-order valence-electron chi connectivity index (χ0n) is 16.8. The summed E-state index contributed by atoms with van der Waals surface area (Å²) in [6, 6.07) is 12.1. The van der Waals surface area contributed by atoms with Gasteiger partial charge in [-0.25, -0.2) is 4.39 Å². The zero-order chi connectivity index (χ0) is 21.1. The monoisotopic (exact) mass is 409 g/mol. The largest absolute Gasteiger partial charge is 0.381 e. The molecule has 1 aromatic heterocycles. The Labute approximate surface area is 174 Å². The van der Waals surface area contributed by atoms with Gasteiger partial charge in [-0.2, -0.15) is 0 Å². The normalized spacial score (nSPS) is 14.6. The van der Waals surface area contributed by atoms with Gasteiger partial charge in [0.25, 0.3) is 11.8 Å². The Kier molecular flexibility index (Phi) is 5.81. The van der Waals surface area contributed by atoms with Crippen LogP contribution in [-0.4, -0.2) is 42.7 Å². The van der Waals surface area contributed by atoms with Gasteiger partial charge in [0.2, 0.25) is 0 Å². The molecular weight excluding hydrogens is 385 g/mol. The smallest absolute Gasteiger partial charge is 0.253 e. The van der Waals surface area contributed by atoms with Gasteiger partial charge in [0, 0.05) is 50.0 Å². The molecule has 156 valence electrons. The van der Waals surface area contributed by atoms with Gasteiger partial charge in [-0.05, 0) is 42.7 Å². The zero-order valence-corrected chi connectivity index (χ0v) is 16.8. The number of nitrogens with zero attached hydrogens (tertiary/aromatic N) is 1. The SMILES string of the molecule is CNC(=O)c1ccc(Cn2cc(C(=O)NC3CCOCC3)c3c(F)cccc32)cc1. The second kappa shape index (κ2) is 8.67. The maximum absolute atomic E-state index is 14.7. The molecule has 6 nitrogen and oxygen atoms in total. The van der Waals surface area contributed by atoms with Gasteiger partial charge in [0.1, 0.15) is 5.82 Å². The van der Waals surface area contributed by atoms with Crippen LogP contribution >= 0.6 is 0 Å². The van der Waals surface area contributed by atoms with Crippen molar-refractivity contribution in [3.05, 3.63) is 71.2 Å². The van der Waals surface area contributed by atoms with Crippen molar-refractivity contribution in [3.63, 3.8) is 0 Å². The van der Waals surface area contributed by atoms with E-state index in [1.54, 1.807) is 31.4 Å². The van der Waals surface area contributed by atoms with E-state index in [9.17, 15) is 14.0 Å². The lowest BCUT2D eigenvalue weighted by Crippen LogP contribution is -2.38. The van der Waals surface area contributed by atoms with E-state index in [1.165, 1.54) is 6.07 Å². The Morgan fingerprint density at radius 3 is 2.53 bits per heavy atom. The van der Waals surface area contributed by atoms with Crippen molar-refractivity contribution in [2.24, 2.45) is 0 Å². The van der Waals surface area contributed by atoms with Crippen molar-refractivity contribution in [1.29, 1.82) is 0 Å². The fourth-order valence-corrected chi connectivity index (χ4v) is 3.82. The summed E-state index contributed by atoms with van der Waals surface area (Å²) in [5.74, 6) is -0.842. The van der Waals surface area contributed by atoms with Crippen LogP contribution in [0, 0.1) is 5.82 Å². The second-order valence-electron chi connectivity index (χ2n) is 7.44. The van der Waals surface area contributed by atoms with Crippen LogP contribution in [0.4, 0.5) is 4.39 Å². The molecule has 0 aliphatic carbocycles. The number of nitrogens with one attached hydrogen (secondary N) is 2. The van der Waals surface area contributed by atoms with Crippen molar-refractivity contribution >= 4 is 22.7 Å². The summed E-state index contributed by atoms with van der Waals surface area (Å²) in [5.41, 5.74) is 2.50. The van der Waals surface area contributed by atoms with Crippen molar-refractivity contribution < 1.29 is 18.7 Å². The number of carbonyl (C=O) groups is 2. The lowest BCUT2D eigenvalue weighted by atomic mass is 10.1. The Morgan fingerprint density at radius 2 is 1.83 bits per heavy atom. The highest BCUT2D eigenvalue weighted by Crippen LogP contribution is 2.26. The van der Waals surface area contributed by atoms with Crippen LogP contribution in [0.2, 0.25) is 0 Å². The van der Waals surface area contributed by atoms with Crippen LogP contribution in [0.15, 0.2) is 48.7 Å². The third-order valence-corrected chi connectivity index (χ3v) is 5.45. The predicted octanol–water partition coefficient (Wildman–Crippen LogP) is 3.10. The minimum absolute atomic E-state index is 0.0358. The van der Waals surface area contributed by atoms with Gasteiger partial charge in [-0.15, -0.1) is 0 Å². The highest BCUT2D eigenvalue weighted by atomic mass is 19.1. The molecule has 1 aliphatic heterocycles. The van der Waals surface area contributed by atoms with E-state index in [1.807, 2.05) is 22.8 Å². The van der Waals surface area contributed by atoms with Crippen molar-refractivity contribution in [1.82, 2.24) is 15.2 Å². The molecule has 0 atom stereocenters. The summed E-state index contributed by atoms with van der Waals surface area (Å²) < 4.78 is 21.9. The number of hydrogen-bond donors (Lipinski definition) is 2. The summed E-state index contributed by atoms with van der Waals surface area (Å²) in [5, 5.41) is 5.93. The fraction of sp³-hybridized carbons (Fsp3) is 0.304. The number of halogens is 1. The van der Waals surface area contributed by atoms with E-state index in [4.69, 9.17) is 4.74 Å². The van der Waals surface area contributed by atoms with E-state index in [0.717, 1.165) is 18.4 Å². The molecule has 7 heteroatoms. The lowest BCUT2D eigenvalue weighted by Gasteiger charge is -2.22. The molecule has 2 heterocycles. The topological polar surface area (TPSA) is 72.4 Å². The molecule has 2 aromatic carbocycles. The van der Waals surface area contributed by atoms with E-state index in [0.29, 0.717) is 41.8 Å². The Hall–Kier alpha value is -3.19. The van der Waals surface area contributed by atoms with Crippen LogP contribution in [-0.2, 0) is 11.3 Å². The van der Waals surface area contributed by atoms with Crippen LogP contribution in [0.25, 0.3) is 10.9 Å². The summed E-state index contributed by atoms with van der Waals surface area (Å²) in [7, 11) is 1.59. The number of rotatable bonds is 5. The first-order chi connectivity index (χ1) is 14.6. The molecule has 1 saturated heterocycles. The number of ether oxygens (including phenoxy) is 1. The number of carbonyl (C=O) groups excluding carboxylic acids is 2.